The minimum atomic E-state index is 0.254. The van der Waals surface area contributed by atoms with E-state index >= 15 is 0 Å². The molecule has 0 saturated carbocycles. The summed E-state index contributed by atoms with van der Waals surface area (Å²) in [7, 11) is 1.99. The van der Waals surface area contributed by atoms with E-state index in [-0.39, 0.29) is 5.41 Å². The molecule has 2 aromatic heterocycles. The average molecular weight is 194 g/mol. The van der Waals surface area contributed by atoms with Gasteiger partial charge in [-0.2, -0.15) is 5.10 Å². The van der Waals surface area contributed by atoms with Crippen molar-refractivity contribution in [3.63, 3.8) is 0 Å². The topological polar surface area (TPSA) is 17.8 Å². The molecule has 0 saturated heterocycles. The summed E-state index contributed by atoms with van der Waals surface area (Å²) in [6.45, 7) is 6.72. The molecule has 0 amide bonds. The van der Waals surface area contributed by atoms with Crippen LogP contribution >= 0.6 is 11.3 Å². The fraction of sp³-hybridized carbons (Fsp3) is 0.500. The number of nitrogens with zero attached hydrogens (tertiary/aromatic N) is 2. The van der Waals surface area contributed by atoms with Gasteiger partial charge >= 0.3 is 0 Å². The summed E-state index contributed by atoms with van der Waals surface area (Å²) in [6.07, 6.45) is 1.93. The Labute approximate surface area is 82.2 Å². The van der Waals surface area contributed by atoms with E-state index < -0.39 is 0 Å². The highest BCUT2D eigenvalue weighted by Gasteiger charge is 2.17. The normalized spacial score (nSPS) is 12.6. The van der Waals surface area contributed by atoms with Crippen LogP contribution < -0.4 is 0 Å². The molecular formula is C10H14N2S. The molecule has 0 aromatic carbocycles. The Morgan fingerprint density at radius 2 is 2.08 bits per heavy atom. The van der Waals surface area contributed by atoms with Crippen molar-refractivity contribution < 1.29 is 0 Å². The highest BCUT2D eigenvalue weighted by molar-refractivity contribution is 7.18. The first-order valence-electron chi connectivity index (χ1n) is 4.40. The van der Waals surface area contributed by atoms with Crippen molar-refractivity contribution in [2.45, 2.75) is 26.2 Å². The molecule has 0 bridgehead atoms. The maximum Gasteiger partial charge on any atom is 0.121 e. The zero-order chi connectivity index (χ0) is 9.64. The number of hydrogen-bond acceptors (Lipinski definition) is 2. The van der Waals surface area contributed by atoms with Crippen LogP contribution in [0.5, 0.6) is 0 Å². The van der Waals surface area contributed by atoms with Crippen molar-refractivity contribution in [1.29, 1.82) is 0 Å². The van der Waals surface area contributed by atoms with E-state index in [2.05, 4.69) is 31.9 Å². The molecule has 2 rings (SSSR count). The van der Waals surface area contributed by atoms with E-state index in [4.69, 9.17) is 0 Å². The third-order valence-corrected chi connectivity index (χ3v) is 3.79. The third kappa shape index (κ3) is 1.37. The van der Waals surface area contributed by atoms with Crippen LogP contribution in [0.1, 0.15) is 25.6 Å². The number of thiophene rings is 1. The van der Waals surface area contributed by atoms with Crippen LogP contribution in [0.25, 0.3) is 10.2 Å². The maximum atomic E-state index is 4.21. The lowest BCUT2D eigenvalue weighted by molar-refractivity contribution is 0.604. The molecule has 0 radical (unpaired) electrons. The summed E-state index contributed by atoms with van der Waals surface area (Å²) in [5, 5.41) is 5.47. The van der Waals surface area contributed by atoms with E-state index in [1.54, 1.807) is 0 Å². The summed E-state index contributed by atoms with van der Waals surface area (Å²) in [4.78, 5) is 2.69. The Morgan fingerprint density at radius 3 is 2.62 bits per heavy atom. The predicted octanol–water partition coefficient (Wildman–Crippen LogP) is 2.93. The molecule has 2 heterocycles. The zero-order valence-electron chi connectivity index (χ0n) is 8.46. The maximum absolute atomic E-state index is 4.21. The smallest absolute Gasteiger partial charge is 0.121 e. The monoisotopic (exact) mass is 194 g/mol. The molecule has 0 spiro atoms. The number of aromatic nitrogens is 2. The molecule has 3 heteroatoms. The lowest BCUT2D eigenvalue weighted by Crippen LogP contribution is -2.07. The molecule has 0 aliphatic carbocycles. The Balaban J connectivity index is 2.63. The summed E-state index contributed by atoms with van der Waals surface area (Å²) >= 11 is 1.84. The van der Waals surface area contributed by atoms with Crippen LogP contribution in [-0.2, 0) is 12.5 Å². The second kappa shape index (κ2) is 2.58. The van der Waals surface area contributed by atoms with Gasteiger partial charge in [0.25, 0.3) is 0 Å². The van der Waals surface area contributed by atoms with E-state index in [1.807, 2.05) is 29.3 Å². The van der Waals surface area contributed by atoms with Gasteiger partial charge in [-0.3, -0.25) is 4.68 Å². The molecule has 0 fully saturated rings. The van der Waals surface area contributed by atoms with Gasteiger partial charge in [-0.1, -0.05) is 20.8 Å². The second-order valence-electron chi connectivity index (χ2n) is 4.39. The van der Waals surface area contributed by atoms with Gasteiger partial charge in [0.1, 0.15) is 4.83 Å². The molecule has 0 unspecified atom stereocenters. The first-order valence-corrected chi connectivity index (χ1v) is 5.22. The van der Waals surface area contributed by atoms with Crippen LogP contribution in [0.2, 0.25) is 0 Å². The largest absolute Gasteiger partial charge is 0.258 e. The summed E-state index contributed by atoms with van der Waals surface area (Å²) in [6, 6.07) is 2.24. The van der Waals surface area contributed by atoms with Crippen molar-refractivity contribution in [2.75, 3.05) is 0 Å². The third-order valence-electron chi connectivity index (χ3n) is 2.14. The minimum Gasteiger partial charge on any atom is -0.258 e. The lowest BCUT2D eigenvalue weighted by atomic mass is 9.95. The van der Waals surface area contributed by atoms with Crippen LogP contribution in [0.3, 0.4) is 0 Å². The van der Waals surface area contributed by atoms with Crippen LogP contribution in [0, 0.1) is 0 Å². The van der Waals surface area contributed by atoms with Gasteiger partial charge in [0.2, 0.25) is 0 Å². The van der Waals surface area contributed by atoms with Gasteiger partial charge in [-0.05, 0) is 11.5 Å². The van der Waals surface area contributed by atoms with Crippen LogP contribution in [-0.4, -0.2) is 9.78 Å². The Morgan fingerprint density at radius 1 is 1.38 bits per heavy atom. The number of hydrogen-bond donors (Lipinski definition) is 0. The van der Waals surface area contributed by atoms with Crippen molar-refractivity contribution in [2.24, 2.45) is 7.05 Å². The highest BCUT2D eigenvalue weighted by atomic mass is 32.1. The molecule has 2 nitrogen and oxygen atoms in total. The Hall–Kier alpha value is -0.830. The molecule has 0 aliphatic heterocycles. The van der Waals surface area contributed by atoms with E-state index in [1.165, 1.54) is 15.1 Å². The van der Waals surface area contributed by atoms with Crippen molar-refractivity contribution in [1.82, 2.24) is 9.78 Å². The lowest BCUT2D eigenvalue weighted by Gasteiger charge is -2.14. The van der Waals surface area contributed by atoms with Crippen molar-refractivity contribution >= 4 is 21.6 Å². The molecule has 0 aliphatic rings. The highest BCUT2D eigenvalue weighted by Crippen LogP contribution is 2.33. The standard InChI is InChI=1S/C10H14N2S/c1-10(2,3)8-5-7-6-11-12(4)9(7)13-8/h5-6H,1-4H3. The SMILES string of the molecule is Cn1ncc2cc(C(C)(C)C)sc21. The average Bonchev–Trinajstić information content (AvgIpc) is 2.51. The molecule has 0 atom stereocenters. The van der Waals surface area contributed by atoms with E-state index in [0.717, 1.165) is 0 Å². The summed E-state index contributed by atoms with van der Waals surface area (Å²) in [5.41, 5.74) is 0.254. The van der Waals surface area contributed by atoms with Crippen molar-refractivity contribution in [3.8, 4) is 0 Å². The summed E-state index contributed by atoms with van der Waals surface area (Å²) < 4.78 is 1.94. The molecular weight excluding hydrogens is 180 g/mol. The predicted molar refractivity (Wildman–Crippen MR) is 57.3 cm³/mol. The fourth-order valence-electron chi connectivity index (χ4n) is 1.31. The van der Waals surface area contributed by atoms with Crippen LogP contribution in [0.4, 0.5) is 0 Å². The molecule has 70 valence electrons. The minimum absolute atomic E-state index is 0.254. The number of rotatable bonds is 0. The van der Waals surface area contributed by atoms with E-state index in [0.29, 0.717) is 0 Å². The van der Waals surface area contributed by atoms with Gasteiger partial charge < -0.3 is 0 Å². The van der Waals surface area contributed by atoms with Gasteiger partial charge in [-0.25, -0.2) is 0 Å². The van der Waals surface area contributed by atoms with E-state index in [9.17, 15) is 0 Å². The quantitative estimate of drug-likeness (QED) is 0.630. The zero-order valence-corrected chi connectivity index (χ0v) is 9.27. The van der Waals surface area contributed by atoms with Gasteiger partial charge in [-0.15, -0.1) is 11.3 Å². The number of fused-ring (bicyclic) bond motifs is 1. The second-order valence-corrected chi connectivity index (χ2v) is 5.42. The molecule has 13 heavy (non-hydrogen) atoms. The summed E-state index contributed by atoms with van der Waals surface area (Å²) in [5.74, 6) is 0. The Kier molecular flexibility index (Phi) is 1.74. The Bertz CT molecular complexity index is 431. The van der Waals surface area contributed by atoms with Gasteiger partial charge in [0, 0.05) is 17.3 Å². The molecule has 0 N–H and O–H groups in total. The van der Waals surface area contributed by atoms with Crippen LogP contribution in [0.15, 0.2) is 12.3 Å². The fourth-order valence-corrected chi connectivity index (χ4v) is 2.42. The molecule has 2 aromatic rings. The van der Waals surface area contributed by atoms with Gasteiger partial charge in [0.05, 0.1) is 6.20 Å². The van der Waals surface area contributed by atoms with Gasteiger partial charge in [0.15, 0.2) is 0 Å². The first-order chi connectivity index (χ1) is 5.98. The first kappa shape index (κ1) is 8.75. The number of aryl methyl sites for hydroxylation is 1. The van der Waals surface area contributed by atoms with Crippen molar-refractivity contribution in [3.05, 3.63) is 17.1 Å².